The van der Waals surface area contributed by atoms with Crippen molar-refractivity contribution in [2.24, 2.45) is 0 Å². The maximum Gasteiger partial charge on any atom is 0.177 e. The summed E-state index contributed by atoms with van der Waals surface area (Å²) in [7, 11) is -3.31. The first-order chi connectivity index (χ1) is 9.48. The molecule has 108 valence electrons. The zero-order chi connectivity index (χ0) is 14.3. The van der Waals surface area contributed by atoms with Crippen molar-refractivity contribution >= 4 is 36.7 Å². The van der Waals surface area contributed by atoms with Crippen molar-refractivity contribution in [1.29, 1.82) is 0 Å². The van der Waals surface area contributed by atoms with Gasteiger partial charge in [0.1, 0.15) is 0 Å². The van der Waals surface area contributed by atoms with Crippen LogP contribution in [-0.4, -0.2) is 31.1 Å². The third-order valence-electron chi connectivity index (χ3n) is 3.50. The predicted octanol–water partition coefficient (Wildman–Crippen LogP) is 2.90. The van der Waals surface area contributed by atoms with Crippen LogP contribution in [-0.2, 0) is 14.6 Å². The number of fused-ring (bicyclic) bond motifs is 1. The largest absolute Gasteiger partial charge is 0.356 e. The van der Waals surface area contributed by atoms with Crippen molar-refractivity contribution in [2.45, 2.75) is 30.4 Å². The zero-order valence-electron chi connectivity index (χ0n) is 11.0. The normalized spacial score (nSPS) is 20.4. The molecule has 2 aromatic rings. The highest BCUT2D eigenvalue weighted by atomic mass is 79.9. The van der Waals surface area contributed by atoms with Gasteiger partial charge in [0.05, 0.1) is 16.6 Å². The van der Waals surface area contributed by atoms with Gasteiger partial charge in [0.15, 0.2) is 16.1 Å². The molecule has 5 nitrogen and oxygen atoms in total. The van der Waals surface area contributed by atoms with Gasteiger partial charge in [-0.1, -0.05) is 15.9 Å². The second-order valence-corrected chi connectivity index (χ2v) is 7.83. The monoisotopic (exact) mass is 358 g/mol. The zero-order valence-corrected chi connectivity index (χ0v) is 13.4. The van der Waals surface area contributed by atoms with Gasteiger partial charge in [-0.05, 0) is 31.4 Å². The Hall–Kier alpha value is -0.920. The number of benzene rings is 1. The van der Waals surface area contributed by atoms with Crippen LogP contribution in [0.25, 0.3) is 10.9 Å². The Balaban J connectivity index is 2.25. The topological polar surface area (TPSA) is 61.2 Å². The van der Waals surface area contributed by atoms with Gasteiger partial charge in [-0.15, -0.1) is 0 Å². The number of sulfone groups is 1. The average Bonchev–Trinajstić information content (AvgIpc) is 2.84. The lowest BCUT2D eigenvalue weighted by Crippen LogP contribution is -2.19. The van der Waals surface area contributed by atoms with Crippen molar-refractivity contribution in [1.82, 2.24) is 9.78 Å². The van der Waals surface area contributed by atoms with Crippen LogP contribution in [0, 0.1) is 0 Å². The fourth-order valence-corrected chi connectivity index (χ4v) is 3.83. The maximum atomic E-state index is 12.0. The van der Waals surface area contributed by atoms with Gasteiger partial charge in [-0.25, -0.2) is 13.1 Å². The second kappa shape index (κ2) is 5.13. The Kier molecular flexibility index (Phi) is 3.60. The van der Waals surface area contributed by atoms with E-state index >= 15 is 0 Å². The van der Waals surface area contributed by atoms with E-state index in [2.05, 4.69) is 21.0 Å². The van der Waals surface area contributed by atoms with Crippen molar-refractivity contribution in [3.05, 3.63) is 22.8 Å². The third-order valence-corrected chi connectivity index (χ3v) is 5.31. The summed E-state index contributed by atoms with van der Waals surface area (Å²) < 4.78 is 32.3. The number of nitrogens with zero attached hydrogens (tertiary/aromatic N) is 2. The van der Waals surface area contributed by atoms with E-state index in [-0.39, 0.29) is 6.23 Å². The summed E-state index contributed by atoms with van der Waals surface area (Å²) in [5, 5.41) is 5.14. The van der Waals surface area contributed by atoms with Crippen LogP contribution in [0.15, 0.2) is 27.7 Å². The molecule has 0 amide bonds. The molecule has 0 aliphatic carbocycles. The first-order valence-corrected chi connectivity index (χ1v) is 9.14. The lowest BCUT2D eigenvalue weighted by Gasteiger charge is -2.24. The minimum Gasteiger partial charge on any atom is -0.356 e. The van der Waals surface area contributed by atoms with E-state index in [9.17, 15) is 8.42 Å². The molecule has 1 fully saturated rings. The van der Waals surface area contributed by atoms with Gasteiger partial charge < -0.3 is 4.74 Å². The van der Waals surface area contributed by atoms with Gasteiger partial charge in [-0.2, -0.15) is 5.10 Å². The van der Waals surface area contributed by atoms with Crippen LogP contribution >= 0.6 is 15.9 Å². The second-order valence-electron chi connectivity index (χ2n) is 4.99. The summed E-state index contributed by atoms with van der Waals surface area (Å²) in [6.07, 6.45) is 5.68. The Morgan fingerprint density at radius 1 is 1.40 bits per heavy atom. The first kappa shape index (κ1) is 14.0. The van der Waals surface area contributed by atoms with E-state index in [1.165, 1.54) is 6.26 Å². The molecule has 20 heavy (non-hydrogen) atoms. The minimum absolute atomic E-state index is 0.184. The highest BCUT2D eigenvalue weighted by molar-refractivity contribution is 9.10. The van der Waals surface area contributed by atoms with Crippen molar-refractivity contribution in [3.63, 3.8) is 0 Å². The van der Waals surface area contributed by atoms with Crippen molar-refractivity contribution in [3.8, 4) is 0 Å². The summed E-state index contributed by atoms with van der Waals surface area (Å²) in [5.41, 5.74) is 0.619. The minimum atomic E-state index is -3.31. The summed E-state index contributed by atoms with van der Waals surface area (Å²) in [4.78, 5) is 0.294. The molecule has 1 aliphatic rings. The maximum absolute atomic E-state index is 12.0. The molecule has 0 bridgehead atoms. The predicted molar refractivity (Wildman–Crippen MR) is 79.4 cm³/mol. The molecule has 0 spiro atoms. The van der Waals surface area contributed by atoms with Crippen LogP contribution < -0.4 is 0 Å². The van der Waals surface area contributed by atoms with E-state index in [0.29, 0.717) is 17.0 Å². The molecule has 1 aromatic carbocycles. The lowest BCUT2D eigenvalue weighted by molar-refractivity contribution is -0.0368. The number of hydrogen-bond donors (Lipinski definition) is 0. The SMILES string of the molecule is CS(=O)(=O)c1ccc(Br)c2cnn(C3CCCCO3)c12. The first-order valence-electron chi connectivity index (χ1n) is 6.46. The van der Waals surface area contributed by atoms with Crippen LogP contribution in [0.1, 0.15) is 25.5 Å². The van der Waals surface area contributed by atoms with Gasteiger partial charge >= 0.3 is 0 Å². The van der Waals surface area contributed by atoms with Crippen LogP contribution in [0.4, 0.5) is 0 Å². The number of hydrogen-bond acceptors (Lipinski definition) is 4. The fraction of sp³-hybridized carbons (Fsp3) is 0.462. The number of ether oxygens (including phenoxy) is 1. The number of halogens is 1. The summed E-state index contributed by atoms with van der Waals surface area (Å²) in [6.45, 7) is 0.689. The average molecular weight is 359 g/mol. The molecule has 1 saturated heterocycles. The molecule has 2 heterocycles. The highest BCUT2D eigenvalue weighted by Gasteiger charge is 2.23. The third kappa shape index (κ3) is 2.38. The van der Waals surface area contributed by atoms with Gasteiger partial charge in [0.25, 0.3) is 0 Å². The summed E-state index contributed by atoms with van der Waals surface area (Å²) >= 11 is 3.45. The summed E-state index contributed by atoms with van der Waals surface area (Å²) in [5.74, 6) is 0. The van der Waals surface area contributed by atoms with E-state index in [1.54, 1.807) is 23.0 Å². The lowest BCUT2D eigenvalue weighted by atomic mass is 10.2. The van der Waals surface area contributed by atoms with Crippen LogP contribution in [0.3, 0.4) is 0 Å². The number of rotatable bonds is 2. The molecule has 1 aromatic heterocycles. The summed E-state index contributed by atoms with van der Waals surface area (Å²) in [6, 6.07) is 3.36. The quantitative estimate of drug-likeness (QED) is 0.827. The van der Waals surface area contributed by atoms with Crippen molar-refractivity contribution in [2.75, 3.05) is 12.9 Å². The Morgan fingerprint density at radius 2 is 2.20 bits per heavy atom. The molecule has 0 N–H and O–H groups in total. The van der Waals surface area contributed by atoms with Gasteiger partial charge in [-0.3, -0.25) is 0 Å². The molecule has 1 aliphatic heterocycles. The number of aromatic nitrogens is 2. The Labute approximate surface area is 126 Å². The molecule has 1 atom stereocenters. The standard InChI is InChI=1S/C13H15BrN2O3S/c1-20(17,18)11-6-5-10(14)9-8-15-16(13(9)11)12-4-2-3-7-19-12/h5-6,8,12H,2-4,7H2,1H3. The molecule has 0 saturated carbocycles. The smallest absolute Gasteiger partial charge is 0.177 e. The molecule has 1 unspecified atom stereocenters. The fourth-order valence-electron chi connectivity index (χ4n) is 2.53. The van der Waals surface area contributed by atoms with E-state index < -0.39 is 9.84 Å². The van der Waals surface area contributed by atoms with E-state index in [4.69, 9.17) is 4.74 Å². The van der Waals surface area contributed by atoms with Crippen LogP contribution in [0.5, 0.6) is 0 Å². The molecule has 3 rings (SSSR count). The molecular formula is C13H15BrN2O3S. The van der Waals surface area contributed by atoms with Crippen LogP contribution in [0.2, 0.25) is 0 Å². The van der Waals surface area contributed by atoms with Gasteiger partial charge in [0.2, 0.25) is 0 Å². The van der Waals surface area contributed by atoms with E-state index in [0.717, 1.165) is 29.1 Å². The Bertz CT molecular complexity index is 748. The highest BCUT2D eigenvalue weighted by Crippen LogP contribution is 2.33. The Morgan fingerprint density at radius 3 is 2.85 bits per heavy atom. The van der Waals surface area contributed by atoms with Gasteiger partial charge in [0, 0.05) is 22.7 Å². The molecule has 7 heteroatoms. The van der Waals surface area contributed by atoms with E-state index in [1.807, 2.05) is 0 Å². The molecular weight excluding hydrogens is 344 g/mol. The van der Waals surface area contributed by atoms with Crippen molar-refractivity contribution < 1.29 is 13.2 Å². The molecule has 0 radical (unpaired) electrons.